The minimum atomic E-state index is 0.441. The molecule has 78 valence electrons. The van der Waals surface area contributed by atoms with Crippen molar-refractivity contribution in [1.82, 2.24) is 4.90 Å². The second-order valence-electron chi connectivity index (χ2n) is 3.98. The van der Waals surface area contributed by atoms with E-state index in [1.54, 1.807) is 0 Å². The molecule has 1 atom stereocenters. The van der Waals surface area contributed by atoms with Crippen LogP contribution in [0.4, 0.5) is 0 Å². The third kappa shape index (κ3) is 2.82. The molecule has 0 heterocycles. The van der Waals surface area contributed by atoms with Crippen LogP contribution >= 0.6 is 0 Å². The molecule has 0 saturated heterocycles. The normalized spacial score (nSPS) is 13.2. The Hall–Kier alpha value is -0.860. The summed E-state index contributed by atoms with van der Waals surface area (Å²) in [7, 11) is 4.16. The first-order valence-corrected chi connectivity index (χ1v) is 5.06. The zero-order valence-corrected chi connectivity index (χ0v) is 9.33. The van der Waals surface area contributed by atoms with Crippen molar-refractivity contribution in [3.05, 3.63) is 35.4 Å². The maximum Gasteiger partial charge on any atom is 0.0252 e. The van der Waals surface area contributed by atoms with Crippen LogP contribution in [0.15, 0.2) is 24.3 Å². The van der Waals surface area contributed by atoms with Gasteiger partial charge in [0.1, 0.15) is 0 Å². The molecule has 2 nitrogen and oxygen atoms in total. The lowest BCUT2D eigenvalue weighted by atomic mass is 10.0. The maximum absolute atomic E-state index is 5.73. The number of hydrogen-bond acceptors (Lipinski definition) is 2. The number of benzene rings is 1. The van der Waals surface area contributed by atoms with Crippen LogP contribution in [0.25, 0.3) is 0 Å². The van der Waals surface area contributed by atoms with Crippen molar-refractivity contribution in [2.45, 2.75) is 19.4 Å². The summed E-state index contributed by atoms with van der Waals surface area (Å²) in [5.41, 5.74) is 8.48. The molecule has 2 heteroatoms. The van der Waals surface area contributed by atoms with Crippen LogP contribution in [0.1, 0.15) is 11.1 Å². The minimum Gasteiger partial charge on any atom is -0.329 e. The molecule has 0 fully saturated rings. The van der Waals surface area contributed by atoms with E-state index in [9.17, 15) is 0 Å². The van der Waals surface area contributed by atoms with Crippen LogP contribution < -0.4 is 5.73 Å². The smallest absolute Gasteiger partial charge is 0.0252 e. The fraction of sp³-hybridized carbons (Fsp3) is 0.500. The van der Waals surface area contributed by atoms with Crippen molar-refractivity contribution >= 4 is 0 Å². The Morgan fingerprint density at radius 2 is 1.93 bits per heavy atom. The van der Waals surface area contributed by atoms with Gasteiger partial charge in [-0.1, -0.05) is 24.3 Å². The molecule has 1 aromatic carbocycles. The van der Waals surface area contributed by atoms with Gasteiger partial charge in [-0.05, 0) is 38.6 Å². The maximum atomic E-state index is 5.73. The number of nitrogens with zero attached hydrogens (tertiary/aromatic N) is 1. The predicted molar refractivity (Wildman–Crippen MR) is 61.4 cm³/mol. The summed E-state index contributed by atoms with van der Waals surface area (Å²) in [5.74, 6) is 0. The van der Waals surface area contributed by atoms with Crippen molar-refractivity contribution in [3.63, 3.8) is 0 Å². The second-order valence-corrected chi connectivity index (χ2v) is 3.98. The van der Waals surface area contributed by atoms with Crippen molar-refractivity contribution in [2.24, 2.45) is 5.73 Å². The fourth-order valence-electron chi connectivity index (χ4n) is 1.57. The van der Waals surface area contributed by atoms with Gasteiger partial charge < -0.3 is 10.6 Å². The molecule has 0 aliphatic rings. The number of nitrogens with two attached hydrogens (primary N) is 1. The van der Waals surface area contributed by atoms with Crippen LogP contribution in [0, 0.1) is 6.92 Å². The van der Waals surface area contributed by atoms with E-state index in [1.807, 2.05) is 0 Å². The monoisotopic (exact) mass is 192 g/mol. The molecule has 0 radical (unpaired) electrons. The molecule has 1 aromatic rings. The van der Waals surface area contributed by atoms with E-state index in [1.165, 1.54) is 11.1 Å². The van der Waals surface area contributed by atoms with Gasteiger partial charge in [-0.25, -0.2) is 0 Å². The van der Waals surface area contributed by atoms with Crippen LogP contribution in [0.2, 0.25) is 0 Å². The topological polar surface area (TPSA) is 29.3 Å². The molecule has 1 unspecified atom stereocenters. The van der Waals surface area contributed by atoms with Crippen LogP contribution in [0.5, 0.6) is 0 Å². The largest absolute Gasteiger partial charge is 0.329 e. The average Bonchev–Trinajstić information content (AvgIpc) is 2.16. The molecule has 0 bridgehead atoms. The van der Waals surface area contributed by atoms with Gasteiger partial charge in [-0.2, -0.15) is 0 Å². The van der Waals surface area contributed by atoms with E-state index in [4.69, 9.17) is 5.73 Å². The van der Waals surface area contributed by atoms with Crippen LogP contribution in [-0.2, 0) is 6.42 Å². The molecule has 14 heavy (non-hydrogen) atoms. The van der Waals surface area contributed by atoms with Crippen molar-refractivity contribution in [1.29, 1.82) is 0 Å². The Morgan fingerprint density at radius 3 is 2.43 bits per heavy atom. The molecule has 0 aromatic heterocycles. The van der Waals surface area contributed by atoms with E-state index in [2.05, 4.69) is 50.2 Å². The Morgan fingerprint density at radius 1 is 1.29 bits per heavy atom. The van der Waals surface area contributed by atoms with Crippen LogP contribution in [-0.4, -0.2) is 31.6 Å². The summed E-state index contributed by atoms with van der Waals surface area (Å²) in [6.07, 6.45) is 1.04. The van der Waals surface area contributed by atoms with E-state index >= 15 is 0 Å². The van der Waals surface area contributed by atoms with Crippen molar-refractivity contribution in [3.8, 4) is 0 Å². The summed E-state index contributed by atoms with van der Waals surface area (Å²) in [4.78, 5) is 2.19. The van der Waals surface area contributed by atoms with Gasteiger partial charge in [0, 0.05) is 12.6 Å². The molecule has 0 aliphatic heterocycles. The SMILES string of the molecule is Cc1ccccc1CC(CN)N(C)C. The van der Waals surface area contributed by atoms with Gasteiger partial charge in [-0.3, -0.25) is 0 Å². The molecule has 1 rings (SSSR count). The first-order chi connectivity index (χ1) is 6.65. The van der Waals surface area contributed by atoms with Gasteiger partial charge in [0.2, 0.25) is 0 Å². The highest BCUT2D eigenvalue weighted by atomic mass is 15.1. The number of hydrogen-bond donors (Lipinski definition) is 1. The molecule has 0 amide bonds. The third-order valence-corrected chi connectivity index (χ3v) is 2.72. The standard InChI is InChI=1S/C12H20N2/c1-10-6-4-5-7-11(10)8-12(9-13)14(2)3/h4-7,12H,8-9,13H2,1-3H3. The van der Waals surface area contributed by atoms with Gasteiger partial charge in [-0.15, -0.1) is 0 Å². The van der Waals surface area contributed by atoms with E-state index in [0.29, 0.717) is 12.6 Å². The van der Waals surface area contributed by atoms with Gasteiger partial charge in [0.15, 0.2) is 0 Å². The third-order valence-electron chi connectivity index (χ3n) is 2.72. The molecular weight excluding hydrogens is 172 g/mol. The Kier molecular flexibility index (Phi) is 4.11. The fourth-order valence-corrected chi connectivity index (χ4v) is 1.57. The summed E-state index contributed by atoms with van der Waals surface area (Å²) in [5, 5.41) is 0. The zero-order valence-electron chi connectivity index (χ0n) is 9.33. The summed E-state index contributed by atoms with van der Waals surface area (Å²) < 4.78 is 0. The Bertz CT molecular complexity index is 281. The predicted octanol–water partition coefficient (Wildman–Crippen LogP) is 1.43. The van der Waals surface area contributed by atoms with Gasteiger partial charge in [0.25, 0.3) is 0 Å². The van der Waals surface area contributed by atoms with E-state index in [-0.39, 0.29) is 0 Å². The van der Waals surface area contributed by atoms with Crippen LogP contribution in [0.3, 0.4) is 0 Å². The molecule has 0 spiro atoms. The van der Waals surface area contributed by atoms with Crippen molar-refractivity contribution in [2.75, 3.05) is 20.6 Å². The van der Waals surface area contributed by atoms with E-state index in [0.717, 1.165) is 6.42 Å². The number of aryl methyl sites for hydroxylation is 1. The second kappa shape index (κ2) is 5.13. The summed E-state index contributed by atoms with van der Waals surface area (Å²) >= 11 is 0. The number of likely N-dealkylation sites (N-methyl/N-ethyl adjacent to an activating group) is 1. The molecule has 0 aliphatic carbocycles. The summed E-state index contributed by atoms with van der Waals surface area (Å²) in [6, 6.07) is 8.94. The zero-order chi connectivity index (χ0) is 10.6. The highest BCUT2D eigenvalue weighted by Gasteiger charge is 2.10. The minimum absolute atomic E-state index is 0.441. The van der Waals surface area contributed by atoms with E-state index < -0.39 is 0 Å². The lowest BCUT2D eigenvalue weighted by Crippen LogP contribution is -2.37. The van der Waals surface area contributed by atoms with Gasteiger partial charge in [0.05, 0.1) is 0 Å². The highest BCUT2D eigenvalue weighted by molar-refractivity contribution is 5.26. The summed E-state index contributed by atoms with van der Waals surface area (Å²) in [6.45, 7) is 2.86. The Labute approximate surface area is 86.7 Å². The first-order valence-electron chi connectivity index (χ1n) is 5.06. The molecular formula is C12H20N2. The average molecular weight is 192 g/mol. The lowest BCUT2D eigenvalue weighted by molar-refractivity contribution is 0.297. The van der Waals surface area contributed by atoms with Gasteiger partial charge >= 0.3 is 0 Å². The number of rotatable bonds is 4. The van der Waals surface area contributed by atoms with Crippen molar-refractivity contribution < 1.29 is 0 Å². The lowest BCUT2D eigenvalue weighted by Gasteiger charge is -2.23. The first kappa shape index (κ1) is 11.2. The highest BCUT2D eigenvalue weighted by Crippen LogP contribution is 2.11. The molecule has 2 N–H and O–H groups in total. The quantitative estimate of drug-likeness (QED) is 0.782. The molecule has 0 saturated carbocycles. The Balaban J connectivity index is 2.72.